The molecule has 10 heteroatoms. The lowest BCUT2D eigenvalue weighted by molar-refractivity contribution is -0.122. The summed E-state index contributed by atoms with van der Waals surface area (Å²) in [5.41, 5.74) is 12.0. The Hall–Kier alpha value is -4.73. The Morgan fingerprint density at radius 3 is 2.32 bits per heavy atom. The number of anilines is 1. The zero-order valence-electron chi connectivity index (χ0n) is 20.9. The van der Waals surface area contributed by atoms with Crippen LogP contribution in [0.2, 0.25) is 0 Å². The van der Waals surface area contributed by atoms with Crippen molar-refractivity contribution in [3.63, 3.8) is 0 Å². The van der Waals surface area contributed by atoms with Crippen molar-refractivity contribution >= 4 is 23.3 Å². The van der Waals surface area contributed by atoms with Gasteiger partial charge in [-0.15, -0.1) is 0 Å². The van der Waals surface area contributed by atoms with Crippen LogP contribution >= 0.6 is 0 Å². The molecule has 37 heavy (non-hydrogen) atoms. The van der Waals surface area contributed by atoms with Crippen LogP contribution < -0.4 is 31.4 Å². The summed E-state index contributed by atoms with van der Waals surface area (Å²) < 4.78 is 11.6. The normalized spacial score (nSPS) is 11.4. The number of para-hydroxylation sites is 1. The van der Waals surface area contributed by atoms with Gasteiger partial charge in [0, 0.05) is 11.3 Å². The van der Waals surface area contributed by atoms with Crippen molar-refractivity contribution in [2.75, 3.05) is 11.9 Å². The molecule has 0 saturated heterocycles. The van der Waals surface area contributed by atoms with E-state index in [2.05, 4.69) is 16.2 Å². The molecule has 2 amide bonds. The number of hydrazine groups is 1. The van der Waals surface area contributed by atoms with Crippen molar-refractivity contribution in [1.29, 1.82) is 5.41 Å². The third-order valence-electron chi connectivity index (χ3n) is 5.18. The number of nitrogens with one attached hydrogen (secondary N) is 4. The molecule has 1 atom stereocenters. The van der Waals surface area contributed by atoms with Gasteiger partial charge in [0.1, 0.15) is 17.6 Å². The molecule has 0 aliphatic carbocycles. The molecule has 0 aliphatic heterocycles. The number of phenolic OH excluding ortho intramolecular Hbond substituents is 1. The van der Waals surface area contributed by atoms with Crippen molar-refractivity contribution < 1.29 is 24.2 Å². The lowest BCUT2D eigenvalue weighted by Crippen LogP contribution is -2.45. The number of nitrogens with two attached hydrogens (primary N) is 1. The van der Waals surface area contributed by atoms with E-state index in [0.29, 0.717) is 34.9 Å². The Balaban J connectivity index is 1.89. The van der Waals surface area contributed by atoms with Gasteiger partial charge in [0.2, 0.25) is 0 Å². The number of rotatable bonds is 10. The molecule has 3 aromatic rings. The van der Waals surface area contributed by atoms with Crippen molar-refractivity contribution in [3.8, 4) is 17.2 Å². The average molecular weight is 506 g/mol. The van der Waals surface area contributed by atoms with Gasteiger partial charge in [0.25, 0.3) is 11.8 Å². The number of aromatic hydroxyl groups is 1. The fourth-order valence-electron chi connectivity index (χ4n) is 3.46. The minimum absolute atomic E-state index is 0.0148. The molecule has 0 aromatic heterocycles. The summed E-state index contributed by atoms with van der Waals surface area (Å²) in [5.74, 6) is -0.519. The Labute approximate surface area is 215 Å². The SMILES string of the molecule is CCOc1cc(C(Nc2ccc(C(=N)N)cc2)C(=O)NNC(=O)c2ccccc2O)ccc1OC(C)C. The molecule has 10 nitrogen and oxygen atoms in total. The number of hydrogen-bond acceptors (Lipinski definition) is 7. The first-order valence-corrected chi connectivity index (χ1v) is 11.7. The molecular weight excluding hydrogens is 474 g/mol. The maximum atomic E-state index is 13.3. The van der Waals surface area contributed by atoms with Crippen LogP contribution in [0.15, 0.2) is 66.7 Å². The van der Waals surface area contributed by atoms with Gasteiger partial charge < -0.3 is 25.6 Å². The Morgan fingerprint density at radius 1 is 1.00 bits per heavy atom. The Bertz CT molecular complexity index is 1260. The van der Waals surface area contributed by atoms with E-state index in [1.54, 1.807) is 54.6 Å². The topological polar surface area (TPSA) is 159 Å². The van der Waals surface area contributed by atoms with Crippen LogP contribution in [-0.2, 0) is 4.79 Å². The first kappa shape index (κ1) is 26.9. The first-order chi connectivity index (χ1) is 17.7. The van der Waals surface area contributed by atoms with E-state index in [1.807, 2.05) is 20.8 Å². The molecule has 194 valence electrons. The van der Waals surface area contributed by atoms with Crippen molar-refractivity contribution in [1.82, 2.24) is 10.9 Å². The molecule has 0 fully saturated rings. The monoisotopic (exact) mass is 505 g/mol. The van der Waals surface area contributed by atoms with Crippen LogP contribution in [0.3, 0.4) is 0 Å². The summed E-state index contributed by atoms with van der Waals surface area (Å²) in [6, 6.07) is 16.9. The lowest BCUT2D eigenvalue weighted by Gasteiger charge is -2.22. The lowest BCUT2D eigenvalue weighted by atomic mass is 10.0. The summed E-state index contributed by atoms with van der Waals surface area (Å²) in [4.78, 5) is 25.8. The van der Waals surface area contributed by atoms with E-state index in [9.17, 15) is 14.7 Å². The van der Waals surface area contributed by atoms with Gasteiger partial charge in [-0.2, -0.15) is 0 Å². The molecule has 0 heterocycles. The smallest absolute Gasteiger partial charge is 0.273 e. The van der Waals surface area contributed by atoms with Gasteiger partial charge >= 0.3 is 0 Å². The van der Waals surface area contributed by atoms with Crippen LogP contribution in [-0.4, -0.2) is 35.5 Å². The molecule has 0 radical (unpaired) electrons. The Morgan fingerprint density at radius 2 is 1.70 bits per heavy atom. The molecule has 0 spiro atoms. The number of phenols is 1. The third-order valence-corrected chi connectivity index (χ3v) is 5.18. The van der Waals surface area contributed by atoms with Gasteiger partial charge in [-0.1, -0.05) is 18.2 Å². The van der Waals surface area contributed by atoms with Crippen molar-refractivity contribution in [2.24, 2.45) is 5.73 Å². The maximum absolute atomic E-state index is 13.3. The highest BCUT2D eigenvalue weighted by Crippen LogP contribution is 2.33. The highest BCUT2D eigenvalue weighted by atomic mass is 16.5. The summed E-state index contributed by atoms with van der Waals surface area (Å²) in [6.07, 6.45) is -0.0771. The van der Waals surface area contributed by atoms with Crippen LogP contribution in [0.4, 0.5) is 5.69 Å². The van der Waals surface area contributed by atoms with Crippen molar-refractivity contribution in [2.45, 2.75) is 32.9 Å². The summed E-state index contributed by atoms with van der Waals surface area (Å²) in [5, 5.41) is 20.6. The highest BCUT2D eigenvalue weighted by Gasteiger charge is 2.24. The van der Waals surface area contributed by atoms with Crippen LogP contribution in [0.25, 0.3) is 0 Å². The number of benzene rings is 3. The molecule has 0 bridgehead atoms. The van der Waals surface area contributed by atoms with Crippen LogP contribution in [0.1, 0.15) is 48.3 Å². The summed E-state index contributed by atoms with van der Waals surface area (Å²) >= 11 is 0. The second kappa shape index (κ2) is 12.3. The number of amides is 2. The van der Waals surface area contributed by atoms with Crippen LogP contribution in [0, 0.1) is 5.41 Å². The Kier molecular flexibility index (Phi) is 8.93. The zero-order valence-corrected chi connectivity index (χ0v) is 20.9. The van der Waals surface area contributed by atoms with Crippen molar-refractivity contribution in [3.05, 3.63) is 83.4 Å². The molecule has 3 aromatic carbocycles. The van der Waals surface area contributed by atoms with E-state index in [0.717, 1.165) is 0 Å². The number of hydrogen-bond donors (Lipinski definition) is 6. The predicted molar refractivity (Wildman–Crippen MR) is 141 cm³/mol. The molecule has 1 unspecified atom stereocenters. The largest absolute Gasteiger partial charge is 0.507 e. The predicted octanol–water partition coefficient (Wildman–Crippen LogP) is 3.48. The third kappa shape index (κ3) is 7.14. The standard InChI is InChI=1S/C27H31N5O5/c1-4-36-23-15-18(11-14-22(23)37-16(2)3)24(30-19-12-9-17(10-13-19)25(28)29)27(35)32-31-26(34)20-7-5-6-8-21(20)33/h5-16,24,30,33H,4H2,1-3H3,(H3,28,29)(H,31,34)(H,32,35). The number of carbonyl (C=O) groups excluding carboxylic acids is 2. The average Bonchev–Trinajstić information content (AvgIpc) is 2.87. The van der Waals surface area contributed by atoms with E-state index in [4.69, 9.17) is 20.6 Å². The molecule has 0 saturated carbocycles. The van der Waals surface area contributed by atoms with Gasteiger partial charge in [0.15, 0.2) is 11.5 Å². The minimum Gasteiger partial charge on any atom is -0.507 e. The number of amidine groups is 1. The summed E-state index contributed by atoms with van der Waals surface area (Å²) in [7, 11) is 0. The van der Waals surface area contributed by atoms with E-state index < -0.39 is 17.9 Å². The number of carbonyl (C=O) groups is 2. The van der Waals surface area contributed by atoms with Gasteiger partial charge in [-0.3, -0.25) is 25.8 Å². The van der Waals surface area contributed by atoms with E-state index in [-0.39, 0.29) is 23.3 Å². The number of nitrogen functional groups attached to an aromatic ring is 1. The molecular formula is C27H31N5O5. The van der Waals surface area contributed by atoms with Gasteiger partial charge in [-0.05, 0) is 74.9 Å². The second-order valence-electron chi connectivity index (χ2n) is 8.33. The van der Waals surface area contributed by atoms with Gasteiger partial charge in [0.05, 0.1) is 18.3 Å². The molecule has 0 aliphatic rings. The van der Waals surface area contributed by atoms with E-state index in [1.165, 1.54) is 12.1 Å². The minimum atomic E-state index is -0.958. The van der Waals surface area contributed by atoms with Gasteiger partial charge in [-0.25, -0.2) is 0 Å². The fraction of sp³-hybridized carbons (Fsp3) is 0.222. The first-order valence-electron chi connectivity index (χ1n) is 11.7. The molecule has 7 N–H and O–H groups in total. The van der Waals surface area contributed by atoms with E-state index >= 15 is 0 Å². The quantitative estimate of drug-likeness (QED) is 0.140. The zero-order chi connectivity index (χ0) is 26.9. The fourth-order valence-corrected chi connectivity index (χ4v) is 3.46. The molecule has 3 rings (SSSR count). The summed E-state index contributed by atoms with van der Waals surface area (Å²) in [6.45, 7) is 6.05. The maximum Gasteiger partial charge on any atom is 0.273 e. The second-order valence-corrected chi connectivity index (χ2v) is 8.33. The highest BCUT2D eigenvalue weighted by molar-refractivity contribution is 5.98. The van der Waals surface area contributed by atoms with Crippen LogP contribution in [0.5, 0.6) is 17.2 Å². The number of ether oxygens (including phenoxy) is 2.